The van der Waals surface area contributed by atoms with Crippen molar-refractivity contribution >= 4 is 5.78 Å². The largest absolute Gasteiger partial charge is 0.487 e. The number of ketones is 1. The van der Waals surface area contributed by atoms with Gasteiger partial charge in [-0.25, -0.2) is 4.98 Å². The molecule has 0 amide bonds. The Morgan fingerprint density at radius 3 is 2.43 bits per heavy atom. The number of ether oxygens (including phenoxy) is 1. The number of aromatic nitrogens is 1. The summed E-state index contributed by atoms with van der Waals surface area (Å²) in [7, 11) is 0. The number of benzene rings is 2. The molecular formula is C19H17NO3. The second kappa shape index (κ2) is 6.48. The molecule has 1 aromatic heterocycles. The van der Waals surface area contributed by atoms with Gasteiger partial charge < -0.3 is 9.15 Å². The van der Waals surface area contributed by atoms with E-state index in [2.05, 4.69) is 4.98 Å². The van der Waals surface area contributed by atoms with Crippen LogP contribution >= 0.6 is 0 Å². The summed E-state index contributed by atoms with van der Waals surface area (Å²) in [6.07, 6.45) is 1.60. The number of nitrogens with zero attached hydrogens (tertiary/aromatic N) is 1. The Hall–Kier alpha value is -2.88. The first kappa shape index (κ1) is 15.0. The summed E-state index contributed by atoms with van der Waals surface area (Å²) >= 11 is 0. The fraction of sp³-hybridized carbons (Fsp3) is 0.158. The molecule has 0 aliphatic carbocycles. The van der Waals surface area contributed by atoms with Crippen molar-refractivity contribution in [3.05, 3.63) is 71.6 Å². The molecule has 1 heterocycles. The Bertz CT molecular complexity index is 801. The number of oxazole rings is 1. The fourth-order valence-electron chi connectivity index (χ4n) is 2.15. The monoisotopic (exact) mass is 307 g/mol. The lowest BCUT2D eigenvalue weighted by Gasteiger charge is -2.04. The van der Waals surface area contributed by atoms with Gasteiger partial charge in [-0.2, -0.15) is 0 Å². The molecule has 0 bridgehead atoms. The summed E-state index contributed by atoms with van der Waals surface area (Å²) in [6, 6.07) is 15.0. The highest BCUT2D eigenvalue weighted by Gasteiger charge is 2.07. The molecule has 0 spiro atoms. The van der Waals surface area contributed by atoms with E-state index in [-0.39, 0.29) is 5.78 Å². The third-order valence-electron chi connectivity index (χ3n) is 3.50. The molecule has 4 nitrogen and oxygen atoms in total. The zero-order valence-corrected chi connectivity index (χ0v) is 13.1. The molecule has 3 aromatic rings. The van der Waals surface area contributed by atoms with Crippen LogP contribution in [0.15, 0.2) is 59.2 Å². The summed E-state index contributed by atoms with van der Waals surface area (Å²) < 4.78 is 11.2. The van der Waals surface area contributed by atoms with Crippen LogP contribution in [0.5, 0.6) is 5.75 Å². The number of carbonyl (C=O) groups excluding carboxylic acids is 1. The first-order valence-electron chi connectivity index (χ1n) is 7.37. The van der Waals surface area contributed by atoms with Crippen molar-refractivity contribution in [2.45, 2.75) is 20.5 Å². The maximum atomic E-state index is 11.2. The second-order valence-corrected chi connectivity index (χ2v) is 5.38. The van der Waals surface area contributed by atoms with E-state index in [9.17, 15) is 4.79 Å². The van der Waals surface area contributed by atoms with Crippen molar-refractivity contribution in [2.75, 3.05) is 0 Å². The Morgan fingerprint density at radius 2 is 1.78 bits per heavy atom. The topological polar surface area (TPSA) is 52.3 Å². The van der Waals surface area contributed by atoms with Gasteiger partial charge in [0.05, 0.1) is 0 Å². The zero-order valence-electron chi connectivity index (χ0n) is 13.1. The van der Waals surface area contributed by atoms with Crippen LogP contribution in [0.25, 0.3) is 11.5 Å². The van der Waals surface area contributed by atoms with E-state index in [0.717, 1.165) is 11.3 Å². The van der Waals surface area contributed by atoms with Gasteiger partial charge >= 0.3 is 0 Å². The Labute approximate surface area is 134 Å². The molecule has 0 radical (unpaired) electrons. The minimum Gasteiger partial charge on any atom is -0.487 e. The SMILES string of the molecule is CC(=O)c1ccc(OCc2coc(-c3ccc(C)cc3)n2)cc1. The average molecular weight is 307 g/mol. The van der Waals surface area contributed by atoms with Gasteiger partial charge in [-0.1, -0.05) is 17.7 Å². The highest BCUT2D eigenvalue weighted by molar-refractivity contribution is 5.94. The second-order valence-electron chi connectivity index (χ2n) is 5.38. The van der Waals surface area contributed by atoms with Crippen molar-refractivity contribution < 1.29 is 13.9 Å². The predicted molar refractivity (Wildman–Crippen MR) is 87.5 cm³/mol. The van der Waals surface area contributed by atoms with E-state index in [1.165, 1.54) is 12.5 Å². The molecule has 0 atom stereocenters. The summed E-state index contributed by atoms with van der Waals surface area (Å²) in [5.74, 6) is 1.31. The zero-order chi connectivity index (χ0) is 16.2. The lowest BCUT2D eigenvalue weighted by Crippen LogP contribution is -1.97. The van der Waals surface area contributed by atoms with Crippen molar-refractivity contribution in [1.29, 1.82) is 0 Å². The molecule has 4 heteroatoms. The lowest BCUT2D eigenvalue weighted by molar-refractivity contribution is 0.101. The van der Waals surface area contributed by atoms with Gasteiger partial charge in [0.2, 0.25) is 5.89 Å². The van der Waals surface area contributed by atoms with Crippen LogP contribution in [0.2, 0.25) is 0 Å². The van der Waals surface area contributed by atoms with Crippen molar-refractivity contribution in [3.63, 3.8) is 0 Å². The van der Waals surface area contributed by atoms with Gasteiger partial charge in [0.15, 0.2) is 5.78 Å². The Balaban J connectivity index is 1.65. The summed E-state index contributed by atoms with van der Waals surface area (Å²) in [6.45, 7) is 3.89. The van der Waals surface area contributed by atoms with E-state index in [4.69, 9.17) is 9.15 Å². The van der Waals surface area contributed by atoms with Crippen LogP contribution < -0.4 is 4.74 Å². The molecule has 2 aromatic carbocycles. The molecule has 0 N–H and O–H groups in total. The highest BCUT2D eigenvalue weighted by Crippen LogP contribution is 2.20. The van der Waals surface area contributed by atoms with E-state index in [1.807, 2.05) is 31.2 Å². The summed E-state index contributed by atoms with van der Waals surface area (Å²) in [4.78, 5) is 15.7. The molecule has 3 rings (SSSR count). The maximum absolute atomic E-state index is 11.2. The van der Waals surface area contributed by atoms with Crippen molar-refractivity contribution in [3.8, 4) is 17.2 Å². The van der Waals surface area contributed by atoms with Gasteiger partial charge in [-0.3, -0.25) is 4.79 Å². The van der Waals surface area contributed by atoms with Gasteiger partial charge in [-0.15, -0.1) is 0 Å². The van der Waals surface area contributed by atoms with Gasteiger partial charge in [-0.05, 0) is 50.2 Å². The quantitative estimate of drug-likeness (QED) is 0.654. The molecule has 0 fully saturated rings. The summed E-state index contributed by atoms with van der Waals surface area (Å²) in [5.41, 5.74) is 3.52. The minimum atomic E-state index is 0.0378. The number of Topliss-reactive ketones (excluding diaryl/α,β-unsaturated/α-hetero) is 1. The molecule has 116 valence electrons. The predicted octanol–water partition coefficient (Wildman–Crippen LogP) is 4.43. The first-order valence-corrected chi connectivity index (χ1v) is 7.37. The van der Waals surface area contributed by atoms with Crippen LogP contribution in [0.1, 0.15) is 28.5 Å². The van der Waals surface area contributed by atoms with E-state index >= 15 is 0 Å². The number of hydrogen-bond donors (Lipinski definition) is 0. The third kappa shape index (κ3) is 3.66. The Morgan fingerprint density at radius 1 is 1.09 bits per heavy atom. The summed E-state index contributed by atoms with van der Waals surface area (Å²) in [5, 5.41) is 0. The molecule has 0 saturated carbocycles. The fourth-order valence-corrected chi connectivity index (χ4v) is 2.15. The number of aryl methyl sites for hydroxylation is 1. The standard InChI is InChI=1S/C19H17NO3/c1-13-3-5-16(6-4-13)19-20-17(12-23-19)11-22-18-9-7-15(8-10-18)14(2)21/h3-10,12H,11H2,1-2H3. The van der Waals surface area contributed by atoms with Gasteiger partial charge in [0.25, 0.3) is 0 Å². The third-order valence-corrected chi connectivity index (χ3v) is 3.50. The van der Waals surface area contributed by atoms with Crippen molar-refractivity contribution in [2.24, 2.45) is 0 Å². The van der Waals surface area contributed by atoms with Crippen molar-refractivity contribution in [1.82, 2.24) is 4.98 Å². The molecule has 0 aliphatic rings. The number of rotatable bonds is 5. The van der Waals surface area contributed by atoms with Crippen LogP contribution in [0, 0.1) is 6.92 Å². The molecule has 0 unspecified atom stereocenters. The van der Waals surface area contributed by atoms with E-state index in [1.54, 1.807) is 30.5 Å². The smallest absolute Gasteiger partial charge is 0.226 e. The van der Waals surface area contributed by atoms with E-state index < -0.39 is 0 Å². The first-order chi connectivity index (χ1) is 11.1. The molecule has 0 saturated heterocycles. The number of carbonyl (C=O) groups is 1. The van der Waals surface area contributed by atoms with Gasteiger partial charge in [0, 0.05) is 11.1 Å². The van der Waals surface area contributed by atoms with Gasteiger partial charge in [0.1, 0.15) is 24.3 Å². The van der Waals surface area contributed by atoms with Crippen LogP contribution in [0.4, 0.5) is 0 Å². The highest BCUT2D eigenvalue weighted by atomic mass is 16.5. The Kier molecular flexibility index (Phi) is 4.24. The minimum absolute atomic E-state index is 0.0378. The average Bonchev–Trinajstić information content (AvgIpc) is 3.03. The normalized spacial score (nSPS) is 10.5. The van der Waals surface area contributed by atoms with Crippen LogP contribution in [-0.4, -0.2) is 10.8 Å². The molecule has 0 aliphatic heterocycles. The number of hydrogen-bond acceptors (Lipinski definition) is 4. The molecule has 23 heavy (non-hydrogen) atoms. The van der Waals surface area contributed by atoms with Crippen LogP contribution in [-0.2, 0) is 6.61 Å². The maximum Gasteiger partial charge on any atom is 0.226 e. The lowest BCUT2D eigenvalue weighted by atomic mass is 10.1. The molecular weight excluding hydrogens is 290 g/mol. The van der Waals surface area contributed by atoms with Crippen LogP contribution in [0.3, 0.4) is 0 Å². The van der Waals surface area contributed by atoms with E-state index in [0.29, 0.717) is 23.8 Å².